The maximum absolute atomic E-state index is 12.6. The first kappa shape index (κ1) is 18.6. The molecule has 0 fully saturated rings. The number of hydrogen-bond donors (Lipinski definition) is 1. The number of nitrogens with one attached hydrogen (secondary N) is 1. The summed E-state index contributed by atoms with van der Waals surface area (Å²) in [5.41, 5.74) is -0.105. The molecule has 0 spiro atoms. The van der Waals surface area contributed by atoms with Gasteiger partial charge in [0.05, 0.1) is 4.92 Å². The van der Waals surface area contributed by atoms with Crippen LogP contribution < -0.4 is 5.32 Å². The van der Waals surface area contributed by atoms with Gasteiger partial charge in [0, 0.05) is 17.2 Å². The fourth-order valence-electron chi connectivity index (χ4n) is 3.09. The zero-order chi connectivity index (χ0) is 18.8. The van der Waals surface area contributed by atoms with Crippen LogP contribution in [0.3, 0.4) is 0 Å². The third-order valence-corrected chi connectivity index (χ3v) is 3.52. The number of amides is 1. The van der Waals surface area contributed by atoms with Crippen LogP contribution in [-0.4, -0.2) is 31.1 Å². The Morgan fingerprint density at radius 2 is 1.96 bits per heavy atom. The number of nitro groups is 1. The highest BCUT2D eigenvalue weighted by atomic mass is 16.6. The van der Waals surface area contributed by atoms with Crippen molar-refractivity contribution in [2.75, 3.05) is 0 Å². The zero-order valence-corrected chi connectivity index (χ0v) is 15.1. The first-order valence-electron chi connectivity index (χ1n) is 7.94. The number of carbonyl (C=O) groups is 1. The SMILES string of the molecule is CC(C)(C)CC(C)(C)NC(=O)c1ccc(-n2cncn2)c([N+](=O)[O-])c1. The Morgan fingerprint density at radius 1 is 1.28 bits per heavy atom. The van der Waals surface area contributed by atoms with Crippen molar-refractivity contribution in [2.24, 2.45) is 5.41 Å². The molecule has 1 aromatic carbocycles. The van der Waals surface area contributed by atoms with E-state index in [1.54, 1.807) is 6.07 Å². The molecule has 0 aliphatic carbocycles. The van der Waals surface area contributed by atoms with Gasteiger partial charge in [0.2, 0.25) is 0 Å². The molecule has 0 saturated heterocycles. The van der Waals surface area contributed by atoms with Gasteiger partial charge in [-0.05, 0) is 37.8 Å². The van der Waals surface area contributed by atoms with E-state index in [0.717, 1.165) is 6.42 Å². The van der Waals surface area contributed by atoms with E-state index >= 15 is 0 Å². The number of nitro benzene ring substituents is 1. The van der Waals surface area contributed by atoms with Crippen molar-refractivity contribution in [3.05, 3.63) is 46.5 Å². The highest BCUT2D eigenvalue weighted by Crippen LogP contribution is 2.28. The minimum atomic E-state index is -0.534. The number of benzene rings is 1. The zero-order valence-electron chi connectivity index (χ0n) is 15.1. The molecule has 0 unspecified atom stereocenters. The Kier molecular flexibility index (Phi) is 4.92. The Labute approximate surface area is 146 Å². The van der Waals surface area contributed by atoms with Crippen LogP contribution in [-0.2, 0) is 0 Å². The molecule has 25 heavy (non-hydrogen) atoms. The number of carbonyl (C=O) groups excluding carboxylic acids is 1. The first-order valence-corrected chi connectivity index (χ1v) is 7.94. The fourth-order valence-corrected chi connectivity index (χ4v) is 3.09. The summed E-state index contributed by atoms with van der Waals surface area (Å²) in [5.74, 6) is -0.345. The van der Waals surface area contributed by atoms with E-state index in [9.17, 15) is 14.9 Å². The molecule has 0 aliphatic heterocycles. The average Bonchev–Trinajstić information content (AvgIpc) is 2.97. The lowest BCUT2D eigenvalue weighted by molar-refractivity contribution is -0.384. The van der Waals surface area contributed by atoms with Gasteiger partial charge in [-0.1, -0.05) is 20.8 Å². The minimum absolute atomic E-state index is 0.0414. The molecule has 1 N–H and O–H groups in total. The van der Waals surface area contributed by atoms with Crippen LogP contribution in [0.4, 0.5) is 5.69 Å². The third kappa shape index (κ3) is 4.85. The summed E-state index contributed by atoms with van der Waals surface area (Å²) in [5, 5.41) is 18.2. The third-order valence-electron chi connectivity index (χ3n) is 3.52. The summed E-state index contributed by atoms with van der Waals surface area (Å²) >= 11 is 0. The molecule has 8 nitrogen and oxygen atoms in total. The molecule has 0 saturated carbocycles. The molecule has 1 aromatic heterocycles. The van der Waals surface area contributed by atoms with Crippen LogP contribution in [0, 0.1) is 15.5 Å². The molecular weight excluding hydrogens is 322 g/mol. The summed E-state index contributed by atoms with van der Waals surface area (Å²) in [7, 11) is 0. The van der Waals surface area contributed by atoms with E-state index in [1.807, 2.05) is 13.8 Å². The van der Waals surface area contributed by atoms with E-state index < -0.39 is 10.5 Å². The van der Waals surface area contributed by atoms with Gasteiger partial charge in [0.1, 0.15) is 18.3 Å². The Hall–Kier alpha value is -2.77. The molecule has 2 rings (SSSR count). The molecule has 134 valence electrons. The number of hydrogen-bond acceptors (Lipinski definition) is 5. The maximum atomic E-state index is 12.6. The minimum Gasteiger partial charge on any atom is -0.347 e. The van der Waals surface area contributed by atoms with Gasteiger partial charge >= 0.3 is 0 Å². The van der Waals surface area contributed by atoms with Crippen LogP contribution in [0.1, 0.15) is 51.4 Å². The van der Waals surface area contributed by atoms with Gasteiger partial charge < -0.3 is 5.32 Å². The van der Waals surface area contributed by atoms with Crippen molar-refractivity contribution in [2.45, 2.75) is 46.6 Å². The van der Waals surface area contributed by atoms with Crippen LogP contribution in [0.5, 0.6) is 0 Å². The lowest BCUT2D eigenvalue weighted by Crippen LogP contribution is -2.45. The largest absolute Gasteiger partial charge is 0.347 e. The lowest BCUT2D eigenvalue weighted by Gasteiger charge is -2.33. The smallest absolute Gasteiger partial charge is 0.295 e. The van der Waals surface area contributed by atoms with Crippen LogP contribution in [0.25, 0.3) is 5.69 Å². The van der Waals surface area contributed by atoms with Crippen molar-refractivity contribution < 1.29 is 9.72 Å². The molecular formula is C17H23N5O3. The standard InChI is InChI=1S/C17H23N5O3/c1-16(2,3)9-17(4,5)20-15(23)12-6-7-13(14(8-12)22(24)25)21-11-18-10-19-21/h6-8,10-11H,9H2,1-5H3,(H,20,23). The monoisotopic (exact) mass is 345 g/mol. The summed E-state index contributed by atoms with van der Waals surface area (Å²) in [6, 6.07) is 4.31. The fraction of sp³-hybridized carbons (Fsp3) is 0.471. The molecule has 0 atom stereocenters. The second-order valence-corrected chi connectivity index (χ2v) is 7.88. The van der Waals surface area contributed by atoms with Gasteiger partial charge in [-0.25, -0.2) is 9.67 Å². The van der Waals surface area contributed by atoms with Gasteiger partial charge in [0.15, 0.2) is 0 Å². The molecule has 8 heteroatoms. The Morgan fingerprint density at radius 3 is 2.48 bits per heavy atom. The predicted molar refractivity (Wildman–Crippen MR) is 93.6 cm³/mol. The Balaban J connectivity index is 2.29. The van der Waals surface area contributed by atoms with Crippen molar-refractivity contribution >= 4 is 11.6 Å². The van der Waals surface area contributed by atoms with E-state index in [2.05, 4.69) is 36.2 Å². The molecule has 0 radical (unpaired) electrons. The second-order valence-electron chi connectivity index (χ2n) is 7.88. The molecule has 1 amide bonds. The molecule has 0 aliphatic rings. The van der Waals surface area contributed by atoms with Gasteiger partial charge in [0.25, 0.3) is 11.6 Å². The van der Waals surface area contributed by atoms with Gasteiger partial charge in [-0.15, -0.1) is 0 Å². The van der Waals surface area contributed by atoms with Crippen LogP contribution >= 0.6 is 0 Å². The molecule has 0 bridgehead atoms. The van der Waals surface area contributed by atoms with E-state index in [1.165, 1.54) is 29.5 Å². The lowest BCUT2D eigenvalue weighted by atomic mass is 9.81. The number of aromatic nitrogens is 3. The van der Waals surface area contributed by atoms with Crippen molar-refractivity contribution in [3.63, 3.8) is 0 Å². The van der Waals surface area contributed by atoms with Gasteiger partial charge in [-0.3, -0.25) is 14.9 Å². The average molecular weight is 345 g/mol. The highest BCUT2D eigenvalue weighted by molar-refractivity contribution is 5.95. The first-order chi connectivity index (χ1) is 11.5. The maximum Gasteiger partial charge on any atom is 0.295 e. The quantitative estimate of drug-likeness (QED) is 0.662. The van der Waals surface area contributed by atoms with Crippen molar-refractivity contribution in [3.8, 4) is 5.69 Å². The predicted octanol–water partition coefficient (Wildman–Crippen LogP) is 3.12. The second kappa shape index (κ2) is 6.62. The number of rotatable bonds is 5. The van der Waals surface area contributed by atoms with E-state index in [-0.39, 0.29) is 28.3 Å². The van der Waals surface area contributed by atoms with Crippen molar-refractivity contribution in [1.82, 2.24) is 20.1 Å². The van der Waals surface area contributed by atoms with Gasteiger partial charge in [-0.2, -0.15) is 5.10 Å². The van der Waals surface area contributed by atoms with Crippen molar-refractivity contribution in [1.29, 1.82) is 0 Å². The normalized spacial score (nSPS) is 12.0. The summed E-state index contributed by atoms with van der Waals surface area (Å²) < 4.78 is 1.29. The highest BCUT2D eigenvalue weighted by Gasteiger charge is 2.28. The summed E-state index contributed by atoms with van der Waals surface area (Å²) in [6.45, 7) is 10.2. The van der Waals surface area contributed by atoms with E-state index in [4.69, 9.17) is 0 Å². The number of nitrogens with zero attached hydrogens (tertiary/aromatic N) is 4. The Bertz CT molecular complexity index is 776. The van der Waals surface area contributed by atoms with E-state index in [0.29, 0.717) is 0 Å². The van der Waals surface area contributed by atoms with Crippen LogP contribution in [0.15, 0.2) is 30.9 Å². The summed E-state index contributed by atoms with van der Waals surface area (Å²) in [6.07, 6.45) is 3.43. The summed E-state index contributed by atoms with van der Waals surface area (Å²) in [4.78, 5) is 27.2. The molecule has 1 heterocycles. The van der Waals surface area contributed by atoms with Crippen LogP contribution in [0.2, 0.25) is 0 Å². The topological polar surface area (TPSA) is 103 Å². The molecule has 2 aromatic rings.